The van der Waals surface area contributed by atoms with Crippen LogP contribution in [0.2, 0.25) is 0 Å². The Balaban J connectivity index is 2.05. The van der Waals surface area contributed by atoms with Gasteiger partial charge in [0.25, 0.3) is 5.91 Å². The number of carboxylic acid groups (broad SMARTS) is 1. The summed E-state index contributed by atoms with van der Waals surface area (Å²) in [7, 11) is 0. The Labute approximate surface area is 160 Å². The van der Waals surface area contributed by atoms with E-state index >= 15 is 0 Å². The number of likely N-dealkylation sites (tertiary alicyclic amines) is 1. The molecule has 0 aromatic heterocycles. The second-order valence-electron chi connectivity index (χ2n) is 8.00. The van der Waals surface area contributed by atoms with Gasteiger partial charge in [0.2, 0.25) is 5.91 Å². The van der Waals surface area contributed by atoms with Crippen LogP contribution in [0.4, 0.5) is 0 Å². The first kappa shape index (κ1) is 20.9. The molecule has 1 aliphatic heterocycles. The molecule has 2 amide bonds. The molecule has 6 heteroatoms. The quantitative estimate of drug-likeness (QED) is 0.802. The predicted octanol–water partition coefficient (Wildman–Crippen LogP) is 2.77. The molecular weight excluding hydrogens is 344 g/mol. The molecule has 1 saturated heterocycles. The molecule has 1 fully saturated rings. The number of aliphatic carboxylic acids is 1. The molecule has 2 atom stereocenters. The lowest BCUT2D eigenvalue weighted by atomic mass is 9.95. The minimum Gasteiger partial charge on any atom is -0.480 e. The number of nitrogens with zero attached hydrogens (tertiary/aromatic N) is 1. The Hall–Kier alpha value is -2.37. The summed E-state index contributed by atoms with van der Waals surface area (Å²) in [5.41, 5.74) is 2.70. The largest absolute Gasteiger partial charge is 0.480 e. The van der Waals surface area contributed by atoms with Crippen molar-refractivity contribution < 1.29 is 19.5 Å². The normalized spacial score (nSPS) is 18.3. The van der Waals surface area contributed by atoms with Crippen LogP contribution in [0.5, 0.6) is 0 Å². The maximum absolute atomic E-state index is 12.8. The third-order valence-electron chi connectivity index (χ3n) is 4.87. The van der Waals surface area contributed by atoms with E-state index in [1.165, 1.54) is 0 Å². The molecule has 0 aliphatic carbocycles. The Morgan fingerprint density at radius 3 is 2.37 bits per heavy atom. The van der Waals surface area contributed by atoms with Crippen molar-refractivity contribution in [1.29, 1.82) is 0 Å². The van der Waals surface area contributed by atoms with E-state index in [1.54, 1.807) is 4.90 Å². The number of hydrogen-bond acceptors (Lipinski definition) is 3. The van der Waals surface area contributed by atoms with E-state index < -0.39 is 12.0 Å². The molecule has 0 spiro atoms. The fourth-order valence-electron chi connectivity index (χ4n) is 3.64. The van der Waals surface area contributed by atoms with Gasteiger partial charge in [-0.05, 0) is 51.2 Å². The Kier molecular flexibility index (Phi) is 6.99. The standard InChI is InChI=1S/C21H30N2O4/c1-13(2)8-18(21(26)27)22-19(24)16-6-5-7-23(12-16)20(25)17-10-14(3)9-15(4)11-17/h9-11,13,16,18H,5-8,12H2,1-4H3,(H,22,24)(H,26,27)/t16?,18-/m1/s1. The van der Waals surface area contributed by atoms with Crippen LogP contribution in [-0.4, -0.2) is 46.9 Å². The maximum atomic E-state index is 12.8. The molecule has 1 unspecified atom stereocenters. The van der Waals surface area contributed by atoms with Crippen LogP contribution in [0.15, 0.2) is 18.2 Å². The number of hydrogen-bond donors (Lipinski definition) is 2. The zero-order valence-corrected chi connectivity index (χ0v) is 16.6. The van der Waals surface area contributed by atoms with E-state index in [2.05, 4.69) is 5.32 Å². The number of amides is 2. The SMILES string of the molecule is Cc1cc(C)cc(C(=O)N2CCCC(C(=O)N[C@H](CC(C)C)C(=O)O)C2)c1. The minimum absolute atomic E-state index is 0.0729. The molecule has 1 aromatic carbocycles. The molecule has 1 heterocycles. The van der Waals surface area contributed by atoms with Crippen molar-refractivity contribution in [3.63, 3.8) is 0 Å². The summed E-state index contributed by atoms with van der Waals surface area (Å²) in [4.78, 5) is 38.5. The second-order valence-corrected chi connectivity index (χ2v) is 8.00. The average molecular weight is 374 g/mol. The first-order chi connectivity index (χ1) is 12.7. The molecule has 27 heavy (non-hydrogen) atoms. The van der Waals surface area contributed by atoms with Gasteiger partial charge < -0.3 is 15.3 Å². The van der Waals surface area contributed by atoms with Gasteiger partial charge in [0.15, 0.2) is 0 Å². The summed E-state index contributed by atoms with van der Waals surface area (Å²) < 4.78 is 0. The molecular formula is C21H30N2O4. The predicted molar refractivity (Wildman–Crippen MR) is 104 cm³/mol. The highest BCUT2D eigenvalue weighted by Gasteiger charge is 2.31. The van der Waals surface area contributed by atoms with Gasteiger partial charge in [-0.25, -0.2) is 4.79 Å². The van der Waals surface area contributed by atoms with Gasteiger partial charge in [-0.3, -0.25) is 9.59 Å². The zero-order chi connectivity index (χ0) is 20.1. The summed E-state index contributed by atoms with van der Waals surface area (Å²) in [6.45, 7) is 8.70. The van der Waals surface area contributed by atoms with Gasteiger partial charge in [0, 0.05) is 18.7 Å². The molecule has 0 radical (unpaired) electrons. The van der Waals surface area contributed by atoms with Crippen LogP contribution in [0.3, 0.4) is 0 Å². The number of carbonyl (C=O) groups is 3. The van der Waals surface area contributed by atoms with E-state index in [4.69, 9.17) is 0 Å². The monoisotopic (exact) mass is 374 g/mol. The summed E-state index contributed by atoms with van der Waals surface area (Å²) in [5, 5.41) is 12.0. The number of carboxylic acids is 1. The highest BCUT2D eigenvalue weighted by atomic mass is 16.4. The number of nitrogens with one attached hydrogen (secondary N) is 1. The van der Waals surface area contributed by atoms with E-state index in [0.717, 1.165) is 17.5 Å². The fraction of sp³-hybridized carbons (Fsp3) is 0.571. The highest BCUT2D eigenvalue weighted by Crippen LogP contribution is 2.20. The minimum atomic E-state index is -1.02. The molecule has 1 aliphatic rings. The first-order valence-corrected chi connectivity index (χ1v) is 9.58. The lowest BCUT2D eigenvalue weighted by Gasteiger charge is -2.33. The van der Waals surface area contributed by atoms with Gasteiger partial charge in [0.05, 0.1) is 5.92 Å². The number of benzene rings is 1. The van der Waals surface area contributed by atoms with Gasteiger partial charge in [0.1, 0.15) is 6.04 Å². The summed E-state index contributed by atoms with van der Waals surface area (Å²) in [6.07, 6.45) is 1.78. The number of aryl methyl sites for hydroxylation is 2. The van der Waals surface area contributed by atoms with E-state index in [1.807, 2.05) is 45.9 Å². The molecule has 6 nitrogen and oxygen atoms in total. The summed E-state index contributed by atoms with van der Waals surface area (Å²) in [6, 6.07) is 4.86. The van der Waals surface area contributed by atoms with Gasteiger partial charge in [-0.1, -0.05) is 31.0 Å². The molecule has 1 aromatic rings. The van der Waals surface area contributed by atoms with Crippen molar-refractivity contribution in [2.45, 2.75) is 53.0 Å². The lowest BCUT2D eigenvalue weighted by molar-refractivity contribution is -0.143. The Morgan fingerprint density at radius 1 is 1.19 bits per heavy atom. The van der Waals surface area contributed by atoms with Crippen molar-refractivity contribution in [3.8, 4) is 0 Å². The fourth-order valence-corrected chi connectivity index (χ4v) is 3.64. The van der Waals surface area contributed by atoms with Gasteiger partial charge in [-0.15, -0.1) is 0 Å². The number of rotatable bonds is 6. The van der Waals surface area contributed by atoms with Crippen LogP contribution >= 0.6 is 0 Å². The van der Waals surface area contributed by atoms with Crippen LogP contribution < -0.4 is 5.32 Å². The van der Waals surface area contributed by atoms with E-state index in [9.17, 15) is 19.5 Å². The summed E-state index contributed by atoms with van der Waals surface area (Å²) in [5.74, 6) is -1.57. The first-order valence-electron chi connectivity index (χ1n) is 9.58. The summed E-state index contributed by atoms with van der Waals surface area (Å²) >= 11 is 0. The lowest BCUT2D eigenvalue weighted by Crippen LogP contribution is -2.49. The Bertz CT molecular complexity index is 694. The Morgan fingerprint density at radius 2 is 1.81 bits per heavy atom. The molecule has 0 bridgehead atoms. The number of piperidine rings is 1. The van der Waals surface area contributed by atoms with Crippen molar-refractivity contribution in [2.24, 2.45) is 11.8 Å². The van der Waals surface area contributed by atoms with Crippen molar-refractivity contribution in [3.05, 3.63) is 34.9 Å². The van der Waals surface area contributed by atoms with Crippen LogP contribution in [0.25, 0.3) is 0 Å². The molecule has 2 rings (SSSR count). The van der Waals surface area contributed by atoms with Crippen molar-refractivity contribution >= 4 is 17.8 Å². The number of carbonyl (C=O) groups excluding carboxylic acids is 2. The van der Waals surface area contributed by atoms with Gasteiger partial charge >= 0.3 is 5.97 Å². The van der Waals surface area contributed by atoms with E-state index in [0.29, 0.717) is 31.5 Å². The van der Waals surface area contributed by atoms with Crippen molar-refractivity contribution in [2.75, 3.05) is 13.1 Å². The third-order valence-corrected chi connectivity index (χ3v) is 4.87. The second kappa shape index (κ2) is 9.02. The third kappa shape index (κ3) is 5.81. The van der Waals surface area contributed by atoms with Crippen LogP contribution in [0.1, 0.15) is 54.6 Å². The molecule has 0 saturated carbocycles. The zero-order valence-electron chi connectivity index (χ0n) is 16.6. The highest BCUT2D eigenvalue weighted by molar-refractivity contribution is 5.95. The maximum Gasteiger partial charge on any atom is 0.326 e. The average Bonchev–Trinajstić information content (AvgIpc) is 2.59. The van der Waals surface area contributed by atoms with Crippen LogP contribution in [0, 0.1) is 25.7 Å². The van der Waals surface area contributed by atoms with Crippen molar-refractivity contribution in [1.82, 2.24) is 10.2 Å². The molecule has 148 valence electrons. The molecule has 2 N–H and O–H groups in total. The topological polar surface area (TPSA) is 86.7 Å². The van der Waals surface area contributed by atoms with E-state index in [-0.39, 0.29) is 23.7 Å². The van der Waals surface area contributed by atoms with Crippen LogP contribution in [-0.2, 0) is 9.59 Å². The smallest absolute Gasteiger partial charge is 0.326 e. The van der Waals surface area contributed by atoms with Gasteiger partial charge in [-0.2, -0.15) is 0 Å².